The van der Waals surface area contributed by atoms with Crippen LogP contribution in [0.4, 0.5) is 0 Å². The van der Waals surface area contributed by atoms with E-state index in [9.17, 15) is 4.79 Å². The van der Waals surface area contributed by atoms with E-state index in [1.54, 1.807) is 0 Å². The van der Waals surface area contributed by atoms with E-state index in [2.05, 4.69) is 40.4 Å². The number of rotatable bonds is 4. The molecule has 0 amide bonds. The molecule has 1 heterocycles. The number of hydrogen-bond donors (Lipinski definition) is 0. The third-order valence-corrected chi connectivity index (χ3v) is 4.91. The molecule has 1 aliphatic carbocycles. The lowest BCUT2D eigenvalue weighted by atomic mass is 9.86. The van der Waals surface area contributed by atoms with Crippen molar-refractivity contribution in [3.8, 4) is 11.8 Å². The maximum Gasteiger partial charge on any atom is 0.166 e. The van der Waals surface area contributed by atoms with Gasteiger partial charge in [-0.25, -0.2) is 0 Å². The number of hydrogen-bond acceptors (Lipinski definition) is 4. The van der Waals surface area contributed by atoms with Crippen molar-refractivity contribution in [2.45, 2.75) is 57.5 Å². The zero-order valence-electron chi connectivity index (χ0n) is 13.9. The third kappa shape index (κ3) is 4.33. The Balaban J connectivity index is 2.02. The summed E-state index contributed by atoms with van der Waals surface area (Å²) in [5, 5.41) is 0. The summed E-state index contributed by atoms with van der Waals surface area (Å²) >= 11 is 3.63. The summed E-state index contributed by atoms with van der Waals surface area (Å²) in [4.78, 5) is 11.1. The Hall–Kier alpha value is -0.930. The van der Waals surface area contributed by atoms with Gasteiger partial charge in [-0.1, -0.05) is 40.4 Å². The second-order valence-electron chi connectivity index (χ2n) is 6.31. The van der Waals surface area contributed by atoms with Gasteiger partial charge in [0.1, 0.15) is 12.2 Å². The number of ether oxygens (including phenoxy) is 3. The molecule has 1 spiro atoms. The van der Waals surface area contributed by atoms with Crippen LogP contribution in [-0.4, -0.2) is 36.5 Å². The monoisotopic (exact) mass is 382 g/mol. The van der Waals surface area contributed by atoms with Gasteiger partial charge in [0.15, 0.2) is 17.7 Å². The predicted octanol–water partition coefficient (Wildman–Crippen LogP) is 3.50. The minimum absolute atomic E-state index is 0.0672. The van der Waals surface area contributed by atoms with Crippen LogP contribution in [0.25, 0.3) is 0 Å². The summed E-state index contributed by atoms with van der Waals surface area (Å²) in [6, 6.07) is 0. The summed E-state index contributed by atoms with van der Waals surface area (Å²) in [6.45, 7) is 9.35. The van der Waals surface area contributed by atoms with E-state index in [1.165, 1.54) is 6.92 Å². The molecule has 0 radical (unpaired) electrons. The van der Waals surface area contributed by atoms with E-state index in [0.29, 0.717) is 5.57 Å². The van der Waals surface area contributed by atoms with Crippen molar-refractivity contribution in [1.82, 2.24) is 0 Å². The maximum atomic E-state index is 11.1. The molecule has 0 aromatic carbocycles. The molecular weight excluding hydrogens is 360 g/mol. The Bertz CT molecular complexity index is 582. The van der Waals surface area contributed by atoms with Crippen molar-refractivity contribution in [1.29, 1.82) is 0 Å². The van der Waals surface area contributed by atoms with E-state index in [1.807, 2.05) is 13.8 Å². The van der Waals surface area contributed by atoms with Crippen LogP contribution in [0.2, 0.25) is 0 Å². The van der Waals surface area contributed by atoms with Crippen LogP contribution in [0.1, 0.15) is 40.0 Å². The first-order valence-corrected chi connectivity index (χ1v) is 8.55. The fourth-order valence-corrected chi connectivity index (χ4v) is 3.46. The normalized spacial score (nSPS) is 28.9. The molecule has 4 nitrogen and oxygen atoms in total. The van der Waals surface area contributed by atoms with Gasteiger partial charge < -0.3 is 14.2 Å². The van der Waals surface area contributed by atoms with Gasteiger partial charge in [-0.3, -0.25) is 4.79 Å². The van der Waals surface area contributed by atoms with Gasteiger partial charge >= 0.3 is 0 Å². The summed E-state index contributed by atoms with van der Waals surface area (Å²) in [5.41, 5.74) is -0.0830. The first-order chi connectivity index (χ1) is 10.8. The van der Waals surface area contributed by atoms with Crippen LogP contribution in [0, 0.1) is 11.8 Å². The van der Waals surface area contributed by atoms with Gasteiger partial charge in [0.2, 0.25) is 0 Å². The number of carbonyl (C=O) groups is 1. The SMILES string of the molecule is C=C(COCC#C[C@@H]1OC(C)(C)O[C@@]12CCCC=C2Br)C(C)=O. The van der Waals surface area contributed by atoms with Gasteiger partial charge in [0.25, 0.3) is 0 Å². The minimum atomic E-state index is -0.673. The van der Waals surface area contributed by atoms with E-state index < -0.39 is 11.4 Å². The molecule has 1 saturated heterocycles. The topological polar surface area (TPSA) is 44.8 Å². The van der Waals surface area contributed by atoms with Crippen LogP contribution in [0.5, 0.6) is 0 Å². The van der Waals surface area contributed by atoms with E-state index in [4.69, 9.17) is 14.2 Å². The molecule has 0 aromatic rings. The maximum absolute atomic E-state index is 11.1. The molecule has 1 fully saturated rings. The summed E-state index contributed by atoms with van der Waals surface area (Å²) in [6.07, 6.45) is 4.73. The Kier molecular flexibility index (Phi) is 5.85. The quantitative estimate of drug-likeness (QED) is 0.424. The molecule has 0 unspecified atom stereocenters. The minimum Gasteiger partial charge on any atom is -0.364 e. The second-order valence-corrected chi connectivity index (χ2v) is 7.16. The number of Topliss-reactive ketones (excluding diaryl/α,β-unsaturated/α-hetero) is 1. The molecular formula is C18H23BrO4. The highest BCUT2D eigenvalue weighted by Gasteiger charge is 2.54. The van der Waals surface area contributed by atoms with Crippen LogP contribution < -0.4 is 0 Å². The van der Waals surface area contributed by atoms with Gasteiger partial charge in [-0.15, -0.1) is 0 Å². The zero-order chi connectivity index (χ0) is 17.1. The number of carbonyl (C=O) groups excluding carboxylic acids is 1. The molecule has 23 heavy (non-hydrogen) atoms. The van der Waals surface area contributed by atoms with Crippen LogP contribution >= 0.6 is 15.9 Å². The highest BCUT2D eigenvalue weighted by molar-refractivity contribution is 9.11. The Morgan fingerprint density at radius 1 is 1.57 bits per heavy atom. The van der Waals surface area contributed by atoms with Crippen molar-refractivity contribution in [2.75, 3.05) is 13.2 Å². The average molecular weight is 383 g/mol. The highest BCUT2D eigenvalue weighted by Crippen LogP contribution is 2.48. The molecule has 0 N–H and O–H groups in total. The molecule has 2 atom stereocenters. The average Bonchev–Trinajstić information content (AvgIpc) is 2.73. The Labute approximate surface area is 146 Å². The lowest BCUT2D eigenvalue weighted by Crippen LogP contribution is -2.41. The fraction of sp³-hybridized carbons (Fsp3) is 0.611. The molecule has 0 bridgehead atoms. The second kappa shape index (κ2) is 7.31. The first kappa shape index (κ1) is 18.4. The molecule has 0 aromatic heterocycles. The Morgan fingerprint density at radius 2 is 2.30 bits per heavy atom. The summed E-state index contributed by atoms with van der Waals surface area (Å²) in [5.74, 6) is 5.36. The third-order valence-electron chi connectivity index (χ3n) is 3.91. The number of halogens is 1. The summed E-state index contributed by atoms with van der Waals surface area (Å²) in [7, 11) is 0. The lowest BCUT2D eigenvalue weighted by Gasteiger charge is -2.33. The zero-order valence-corrected chi connectivity index (χ0v) is 15.5. The standard InChI is InChI=1S/C18H23BrO4/c1-13(14(2)20)12-21-11-7-9-16-18(23-17(3,4)22-16)10-6-5-8-15(18)19/h8,16H,1,5-6,10-12H2,2-4H3/t16-,18+/m0/s1. The van der Waals surface area contributed by atoms with Crippen molar-refractivity contribution in [3.05, 3.63) is 22.7 Å². The highest BCUT2D eigenvalue weighted by atomic mass is 79.9. The van der Waals surface area contributed by atoms with Crippen molar-refractivity contribution < 1.29 is 19.0 Å². The van der Waals surface area contributed by atoms with Crippen LogP contribution in [0.15, 0.2) is 22.7 Å². The lowest BCUT2D eigenvalue weighted by molar-refractivity contribution is -0.155. The smallest absolute Gasteiger partial charge is 0.166 e. The van der Waals surface area contributed by atoms with E-state index in [0.717, 1.165) is 23.7 Å². The van der Waals surface area contributed by atoms with E-state index in [-0.39, 0.29) is 25.1 Å². The van der Waals surface area contributed by atoms with Crippen LogP contribution in [0.3, 0.4) is 0 Å². The van der Waals surface area contributed by atoms with Gasteiger partial charge in [-0.05, 0) is 40.0 Å². The predicted molar refractivity (Wildman–Crippen MR) is 92.0 cm³/mol. The van der Waals surface area contributed by atoms with Crippen LogP contribution in [-0.2, 0) is 19.0 Å². The number of allylic oxidation sites excluding steroid dienone is 1. The van der Waals surface area contributed by atoms with Gasteiger partial charge in [0, 0.05) is 10.1 Å². The first-order valence-electron chi connectivity index (χ1n) is 7.76. The summed E-state index contributed by atoms with van der Waals surface area (Å²) < 4.78 is 18.5. The van der Waals surface area contributed by atoms with Crippen molar-refractivity contribution in [2.24, 2.45) is 0 Å². The number of ketones is 1. The van der Waals surface area contributed by atoms with Gasteiger partial charge in [0.05, 0.1) is 6.61 Å². The molecule has 5 heteroatoms. The Morgan fingerprint density at radius 3 is 2.96 bits per heavy atom. The molecule has 126 valence electrons. The van der Waals surface area contributed by atoms with Gasteiger partial charge in [-0.2, -0.15) is 0 Å². The van der Waals surface area contributed by atoms with Crippen molar-refractivity contribution in [3.63, 3.8) is 0 Å². The fourth-order valence-electron chi connectivity index (χ4n) is 2.74. The molecule has 0 saturated carbocycles. The molecule has 2 rings (SSSR count). The van der Waals surface area contributed by atoms with E-state index >= 15 is 0 Å². The molecule has 1 aliphatic heterocycles. The largest absolute Gasteiger partial charge is 0.364 e. The molecule has 2 aliphatic rings. The van der Waals surface area contributed by atoms with Crippen molar-refractivity contribution >= 4 is 21.7 Å².